The number of carboxylic acid groups (broad SMARTS) is 1. The van der Waals surface area contributed by atoms with E-state index in [4.69, 9.17) is 4.74 Å². The number of likely N-dealkylation sites (N-methyl/N-ethyl adjacent to an activating group) is 1. The molecule has 1 aromatic rings. The molecule has 1 heterocycles. The number of hydrogen-bond donors (Lipinski definition) is 2. The first-order valence-electron chi connectivity index (χ1n) is 8.11. The Bertz CT molecular complexity index is 824. The number of benzene rings is 1. The average Bonchev–Trinajstić information content (AvgIpc) is 3.37. The molecule has 0 radical (unpaired) electrons. The first-order valence-corrected chi connectivity index (χ1v) is 9.55. The predicted molar refractivity (Wildman–Crippen MR) is 91.0 cm³/mol. The zero-order chi connectivity index (χ0) is 20.6. The van der Waals surface area contributed by atoms with Gasteiger partial charge in [-0.2, -0.15) is 17.5 Å². The van der Waals surface area contributed by atoms with E-state index in [-0.39, 0.29) is 24.8 Å². The van der Waals surface area contributed by atoms with E-state index >= 15 is 0 Å². The minimum atomic E-state index is -4.80. The summed E-state index contributed by atoms with van der Waals surface area (Å²) < 4.78 is 71.0. The Morgan fingerprint density at radius 3 is 2.41 bits per heavy atom. The van der Waals surface area contributed by atoms with Gasteiger partial charge in [0, 0.05) is 19.3 Å². The lowest BCUT2D eigenvalue weighted by Gasteiger charge is -2.27. The minimum absolute atomic E-state index is 0.0170. The van der Waals surface area contributed by atoms with Crippen molar-refractivity contribution >= 4 is 21.7 Å². The van der Waals surface area contributed by atoms with Crippen LogP contribution in [0.2, 0.25) is 0 Å². The maximum Gasteiger partial charge on any atom is 0.416 e. The van der Waals surface area contributed by atoms with Crippen molar-refractivity contribution in [2.24, 2.45) is 0 Å². The van der Waals surface area contributed by atoms with Crippen LogP contribution in [-0.2, 0) is 25.7 Å². The van der Waals surface area contributed by atoms with Crippen molar-refractivity contribution in [2.45, 2.75) is 43.0 Å². The van der Waals surface area contributed by atoms with Gasteiger partial charge in [-0.1, -0.05) is 6.92 Å². The van der Waals surface area contributed by atoms with Crippen molar-refractivity contribution in [2.75, 3.05) is 25.5 Å². The molecule has 2 rings (SSSR count). The highest BCUT2D eigenvalue weighted by Crippen LogP contribution is 2.35. The van der Waals surface area contributed by atoms with E-state index in [1.54, 1.807) is 6.92 Å². The molecule has 2 unspecified atom stereocenters. The van der Waals surface area contributed by atoms with Crippen LogP contribution in [0.3, 0.4) is 0 Å². The highest BCUT2D eigenvalue weighted by atomic mass is 32.2. The fraction of sp³-hybridized carbons (Fsp3) is 0.562. The zero-order valence-corrected chi connectivity index (χ0v) is 15.8. The van der Waals surface area contributed by atoms with Crippen LogP contribution in [0.1, 0.15) is 25.8 Å². The molecular weight excluding hydrogens is 389 g/mol. The predicted octanol–water partition coefficient (Wildman–Crippen LogP) is 2.39. The van der Waals surface area contributed by atoms with Gasteiger partial charge in [0.1, 0.15) is 5.54 Å². The van der Waals surface area contributed by atoms with Gasteiger partial charge in [0.2, 0.25) is 10.0 Å². The summed E-state index contributed by atoms with van der Waals surface area (Å²) in [5.74, 6) is -1.27. The maximum atomic E-state index is 13.3. The van der Waals surface area contributed by atoms with E-state index in [0.29, 0.717) is 18.7 Å². The molecule has 1 fully saturated rings. The number of hydrogen-bond acceptors (Lipinski definition) is 5. The third-order valence-electron chi connectivity index (χ3n) is 4.40. The Morgan fingerprint density at radius 1 is 1.37 bits per heavy atom. The van der Waals surface area contributed by atoms with E-state index in [0.717, 1.165) is 10.4 Å². The number of epoxide rings is 1. The number of anilines is 1. The van der Waals surface area contributed by atoms with Crippen LogP contribution in [0.25, 0.3) is 0 Å². The molecule has 2 N–H and O–H groups in total. The summed E-state index contributed by atoms with van der Waals surface area (Å²) in [4.78, 5) is 10.9. The minimum Gasteiger partial charge on any atom is -0.480 e. The number of sulfonamides is 1. The number of aliphatic carboxylic acids is 1. The van der Waals surface area contributed by atoms with Crippen molar-refractivity contribution < 1.29 is 36.2 Å². The van der Waals surface area contributed by atoms with E-state index in [1.165, 1.54) is 14.0 Å². The third kappa shape index (κ3) is 4.90. The Hall–Kier alpha value is -1.85. The average molecular weight is 410 g/mol. The van der Waals surface area contributed by atoms with Gasteiger partial charge in [-0.25, -0.2) is 13.2 Å². The standard InChI is InChI=1S/C16H21F3N2O5S/c1-4-15(2,14(22)23)20-11-5-10(16(17,18)19)6-13(7-11)27(24,25)21(3)8-12-9-26-12/h5-7,12,20H,4,8-9H2,1-3H3,(H,22,23). The van der Waals surface area contributed by atoms with Crippen LogP contribution in [-0.4, -0.2) is 55.6 Å². The second-order valence-corrected chi connectivity index (χ2v) is 8.65. The lowest BCUT2D eigenvalue weighted by atomic mass is 9.98. The van der Waals surface area contributed by atoms with E-state index < -0.39 is 38.2 Å². The number of ether oxygens (including phenoxy) is 1. The highest BCUT2D eigenvalue weighted by molar-refractivity contribution is 7.89. The van der Waals surface area contributed by atoms with Crippen LogP contribution < -0.4 is 5.32 Å². The molecule has 0 saturated carbocycles. The molecule has 0 aromatic heterocycles. The second kappa shape index (κ2) is 7.28. The fourth-order valence-electron chi connectivity index (χ4n) is 2.33. The van der Waals surface area contributed by atoms with E-state index in [1.807, 2.05) is 0 Å². The lowest BCUT2D eigenvalue weighted by molar-refractivity contribution is -0.141. The first kappa shape index (κ1) is 21.5. The summed E-state index contributed by atoms with van der Waals surface area (Å²) >= 11 is 0. The number of alkyl halides is 3. The second-order valence-electron chi connectivity index (χ2n) is 6.60. The van der Waals surface area contributed by atoms with Gasteiger partial charge in [0.05, 0.1) is 23.2 Å². The Balaban J connectivity index is 2.49. The van der Waals surface area contributed by atoms with Crippen molar-refractivity contribution in [3.05, 3.63) is 23.8 Å². The van der Waals surface area contributed by atoms with E-state index in [9.17, 15) is 31.5 Å². The quantitative estimate of drug-likeness (QED) is 0.639. The molecule has 1 aliphatic heterocycles. The number of rotatable bonds is 8. The van der Waals surface area contributed by atoms with Crippen molar-refractivity contribution in [3.8, 4) is 0 Å². The SMILES string of the molecule is CCC(C)(Nc1cc(C(F)(F)F)cc(S(=O)(=O)N(C)CC2CO2)c1)C(=O)O. The van der Waals surface area contributed by atoms with Crippen molar-refractivity contribution in [3.63, 3.8) is 0 Å². The number of halogens is 3. The molecule has 0 aliphatic carbocycles. The Kier molecular flexibility index (Phi) is 5.79. The van der Waals surface area contributed by atoms with Gasteiger partial charge in [-0.15, -0.1) is 0 Å². The van der Waals surface area contributed by atoms with Crippen LogP contribution in [0.15, 0.2) is 23.1 Å². The summed E-state index contributed by atoms with van der Waals surface area (Å²) in [5.41, 5.74) is -2.99. The molecule has 1 saturated heterocycles. The number of nitrogens with one attached hydrogen (secondary N) is 1. The summed E-state index contributed by atoms with van der Waals surface area (Å²) in [6.07, 6.45) is -5.01. The molecule has 152 valence electrons. The van der Waals surface area contributed by atoms with Crippen LogP contribution >= 0.6 is 0 Å². The summed E-state index contributed by atoms with van der Waals surface area (Å²) in [7, 11) is -2.97. The Labute approximate surface area is 155 Å². The lowest BCUT2D eigenvalue weighted by Crippen LogP contribution is -2.42. The van der Waals surface area contributed by atoms with Gasteiger partial charge in [-0.05, 0) is 31.5 Å². The number of carbonyl (C=O) groups is 1. The summed E-state index contributed by atoms with van der Waals surface area (Å²) in [6, 6.07) is 2.24. The Morgan fingerprint density at radius 2 is 1.96 bits per heavy atom. The van der Waals surface area contributed by atoms with Gasteiger partial charge in [0.25, 0.3) is 0 Å². The molecule has 2 atom stereocenters. The van der Waals surface area contributed by atoms with Gasteiger partial charge < -0.3 is 15.2 Å². The molecule has 0 spiro atoms. The molecule has 0 bridgehead atoms. The smallest absolute Gasteiger partial charge is 0.416 e. The highest BCUT2D eigenvalue weighted by Gasteiger charge is 2.37. The molecule has 1 aromatic carbocycles. The fourth-order valence-corrected chi connectivity index (χ4v) is 3.61. The van der Waals surface area contributed by atoms with Crippen molar-refractivity contribution in [1.82, 2.24) is 4.31 Å². The van der Waals surface area contributed by atoms with Gasteiger partial charge >= 0.3 is 12.1 Å². The zero-order valence-electron chi connectivity index (χ0n) is 15.0. The van der Waals surface area contributed by atoms with Crippen LogP contribution in [0.4, 0.5) is 18.9 Å². The first-order chi connectivity index (χ1) is 12.3. The van der Waals surface area contributed by atoms with Crippen molar-refractivity contribution in [1.29, 1.82) is 0 Å². The maximum absolute atomic E-state index is 13.3. The summed E-state index contributed by atoms with van der Waals surface area (Å²) in [5, 5.41) is 11.8. The molecule has 1 aliphatic rings. The molecule has 11 heteroatoms. The van der Waals surface area contributed by atoms with E-state index in [2.05, 4.69) is 5.32 Å². The van der Waals surface area contributed by atoms with Crippen LogP contribution in [0, 0.1) is 0 Å². The molecular formula is C16H21F3N2O5S. The molecule has 7 nitrogen and oxygen atoms in total. The topological polar surface area (TPSA) is 99.2 Å². The number of carboxylic acids is 1. The van der Waals surface area contributed by atoms with Gasteiger partial charge in [-0.3, -0.25) is 0 Å². The molecule has 0 amide bonds. The normalized spacial score (nSPS) is 19.6. The third-order valence-corrected chi connectivity index (χ3v) is 6.21. The van der Waals surface area contributed by atoms with Crippen LogP contribution in [0.5, 0.6) is 0 Å². The largest absolute Gasteiger partial charge is 0.480 e. The van der Waals surface area contributed by atoms with Gasteiger partial charge in [0.15, 0.2) is 0 Å². The monoisotopic (exact) mass is 410 g/mol. The number of nitrogens with zero attached hydrogens (tertiary/aromatic N) is 1. The summed E-state index contributed by atoms with van der Waals surface area (Å²) in [6.45, 7) is 3.27. The molecule has 27 heavy (non-hydrogen) atoms.